The van der Waals surface area contributed by atoms with Gasteiger partial charge in [0.2, 0.25) is 0 Å². The molecule has 2 N–H and O–H groups in total. The van der Waals surface area contributed by atoms with Crippen LogP contribution >= 0.6 is 15.9 Å². The molecule has 6 heteroatoms. The van der Waals surface area contributed by atoms with Crippen LogP contribution in [0.3, 0.4) is 0 Å². The lowest BCUT2D eigenvalue weighted by atomic mass is 10.2. The number of urea groups is 1. The number of carbonyl (C=O) groups excluding carboxylic acids is 1. The highest BCUT2D eigenvalue weighted by molar-refractivity contribution is 9.10. The summed E-state index contributed by atoms with van der Waals surface area (Å²) >= 11 is 3.51. The number of hydrogen-bond acceptors (Lipinski definition) is 3. The van der Waals surface area contributed by atoms with Crippen LogP contribution in [0.1, 0.15) is 5.56 Å². The number of hydrazone groups is 1. The van der Waals surface area contributed by atoms with E-state index >= 15 is 0 Å². The van der Waals surface area contributed by atoms with Crippen LogP contribution in [-0.2, 0) is 0 Å². The highest BCUT2D eigenvalue weighted by atomic mass is 79.9. The number of amides is 2. The summed E-state index contributed by atoms with van der Waals surface area (Å²) in [6.45, 7) is 0. The first-order valence-corrected chi connectivity index (χ1v) is 7.47. The number of benzene rings is 2. The fourth-order valence-electron chi connectivity index (χ4n) is 1.81. The van der Waals surface area contributed by atoms with Gasteiger partial charge in [0.25, 0.3) is 0 Å². The highest BCUT2D eigenvalue weighted by Crippen LogP contribution is 2.25. The fraction of sp³-hybridized carbons (Fsp3) is 0.125. The predicted molar refractivity (Wildman–Crippen MR) is 94.7 cm³/mol. The average molecular weight is 361 g/mol. The molecule has 2 amide bonds. The van der Waals surface area contributed by atoms with Crippen molar-refractivity contribution < 1.29 is 4.79 Å². The summed E-state index contributed by atoms with van der Waals surface area (Å²) in [4.78, 5) is 13.7. The first kappa shape index (κ1) is 16.0. The van der Waals surface area contributed by atoms with Crippen LogP contribution in [0.5, 0.6) is 0 Å². The third-order valence-electron chi connectivity index (χ3n) is 2.86. The summed E-state index contributed by atoms with van der Waals surface area (Å²) in [6.07, 6.45) is 1.59. The highest BCUT2D eigenvalue weighted by Gasteiger charge is 2.02. The Kier molecular flexibility index (Phi) is 5.55. The zero-order chi connectivity index (χ0) is 15.9. The van der Waals surface area contributed by atoms with Gasteiger partial charge in [-0.2, -0.15) is 5.10 Å². The summed E-state index contributed by atoms with van der Waals surface area (Å²) < 4.78 is 0.968. The normalized spacial score (nSPS) is 10.5. The Morgan fingerprint density at radius 3 is 2.55 bits per heavy atom. The van der Waals surface area contributed by atoms with Gasteiger partial charge in [0.1, 0.15) is 0 Å². The number of rotatable bonds is 4. The molecule has 0 saturated carbocycles. The Bertz CT molecular complexity index is 671. The summed E-state index contributed by atoms with van der Waals surface area (Å²) in [5.74, 6) is 0. The number of nitrogens with one attached hydrogen (secondary N) is 2. The van der Waals surface area contributed by atoms with Gasteiger partial charge in [0, 0.05) is 24.3 Å². The molecule has 0 fully saturated rings. The smallest absolute Gasteiger partial charge is 0.339 e. The van der Waals surface area contributed by atoms with Gasteiger partial charge in [0.15, 0.2) is 0 Å². The first-order valence-electron chi connectivity index (χ1n) is 6.68. The van der Waals surface area contributed by atoms with Crippen LogP contribution < -0.4 is 15.6 Å². The molecule has 0 aliphatic rings. The molecule has 22 heavy (non-hydrogen) atoms. The topological polar surface area (TPSA) is 56.7 Å². The van der Waals surface area contributed by atoms with Crippen molar-refractivity contribution in [3.8, 4) is 0 Å². The molecule has 2 aromatic rings. The quantitative estimate of drug-likeness (QED) is 0.645. The molecule has 0 aliphatic carbocycles. The molecule has 0 aliphatic heterocycles. The first-order chi connectivity index (χ1) is 10.6. The van der Waals surface area contributed by atoms with E-state index in [0.29, 0.717) is 5.69 Å². The van der Waals surface area contributed by atoms with Gasteiger partial charge in [-0.15, -0.1) is 0 Å². The molecule has 0 heterocycles. The molecule has 0 radical (unpaired) electrons. The van der Waals surface area contributed by atoms with E-state index < -0.39 is 0 Å². The van der Waals surface area contributed by atoms with Gasteiger partial charge in [-0.05, 0) is 45.8 Å². The van der Waals surface area contributed by atoms with Gasteiger partial charge in [0.05, 0.1) is 11.9 Å². The van der Waals surface area contributed by atoms with Gasteiger partial charge in [-0.25, -0.2) is 10.2 Å². The number of anilines is 2. The Hall–Kier alpha value is -2.34. The van der Waals surface area contributed by atoms with Crippen molar-refractivity contribution in [1.29, 1.82) is 0 Å². The van der Waals surface area contributed by atoms with Gasteiger partial charge in [-0.1, -0.05) is 24.3 Å². The van der Waals surface area contributed by atoms with E-state index in [2.05, 4.69) is 31.8 Å². The molecule has 0 unspecified atom stereocenters. The summed E-state index contributed by atoms with van der Waals surface area (Å²) in [5.41, 5.74) is 5.11. The van der Waals surface area contributed by atoms with E-state index in [1.165, 1.54) is 0 Å². The number of nitrogens with zero attached hydrogens (tertiary/aromatic N) is 2. The lowest BCUT2D eigenvalue weighted by molar-refractivity contribution is 0.252. The third-order valence-corrected chi connectivity index (χ3v) is 3.50. The SMILES string of the molecule is CN(C)c1ccc(/C=N/NC(=O)Nc2ccccc2)cc1Br. The minimum Gasteiger partial charge on any atom is -0.377 e. The van der Waals surface area contributed by atoms with Crippen molar-refractivity contribution in [2.24, 2.45) is 5.10 Å². The molecule has 0 atom stereocenters. The van der Waals surface area contributed by atoms with Crippen LogP contribution in [0, 0.1) is 0 Å². The lowest BCUT2D eigenvalue weighted by Gasteiger charge is -2.14. The Balaban J connectivity index is 1.92. The van der Waals surface area contributed by atoms with E-state index in [9.17, 15) is 4.79 Å². The van der Waals surface area contributed by atoms with Gasteiger partial charge in [-0.3, -0.25) is 0 Å². The number of halogens is 1. The van der Waals surface area contributed by atoms with Crippen molar-refractivity contribution >= 4 is 39.6 Å². The van der Waals surface area contributed by atoms with Gasteiger partial charge >= 0.3 is 6.03 Å². The average Bonchev–Trinajstić information content (AvgIpc) is 2.48. The fourth-order valence-corrected chi connectivity index (χ4v) is 2.56. The predicted octanol–water partition coefficient (Wildman–Crippen LogP) is 3.67. The Morgan fingerprint density at radius 1 is 1.18 bits per heavy atom. The number of hydrogen-bond donors (Lipinski definition) is 2. The van der Waals surface area contributed by atoms with E-state index in [1.807, 2.05) is 55.4 Å². The van der Waals surface area contributed by atoms with E-state index in [1.54, 1.807) is 18.3 Å². The molecule has 0 bridgehead atoms. The largest absolute Gasteiger partial charge is 0.377 e. The molecule has 2 aromatic carbocycles. The molecular weight excluding hydrogens is 344 g/mol. The van der Waals surface area contributed by atoms with Crippen molar-refractivity contribution in [3.05, 3.63) is 58.6 Å². The van der Waals surface area contributed by atoms with Crippen molar-refractivity contribution in [2.45, 2.75) is 0 Å². The third kappa shape index (κ3) is 4.60. The summed E-state index contributed by atoms with van der Waals surface area (Å²) in [7, 11) is 3.95. The number of carbonyl (C=O) groups is 1. The second-order valence-corrected chi connectivity index (χ2v) is 5.65. The molecule has 5 nitrogen and oxygen atoms in total. The molecule has 2 rings (SSSR count). The minimum absolute atomic E-state index is 0.383. The van der Waals surface area contributed by atoms with Crippen LogP contribution in [-0.4, -0.2) is 26.3 Å². The molecular formula is C16H17BrN4O. The standard InChI is InChI=1S/C16H17BrN4O/c1-21(2)15-9-8-12(10-14(15)17)11-18-20-16(22)19-13-6-4-3-5-7-13/h3-11H,1-2H3,(H2,19,20,22)/b18-11+. The van der Waals surface area contributed by atoms with Crippen molar-refractivity contribution in [2.75, 3.05) is 24.3 Å². The maximum atomic E-state index is 11.7. The van der Waals surface area contributed by atoms with Crippen LogP contribution in [0.15, 0.2) is 58.1 Å². The monoisotopic (exact) mass is 360 g/mol. The second kappa shape index (κ2) is 7.61. The Morgan fingerprint density at radius 2 is 1.91 bits per heavy atom. The zero-order valence-corrected chi connectivity index (χ0v) is 14.0. The Labute approximate surface area is 138 Å². The summed E-state index contributed by atoms with van der Waals surface area (Å²) in [5, 5.41) is 6.62. The lowest BCUT2D eigenvalue weighted by Crippen LogP contribution is -2.24. The second-order valence-electron chi connectivity index (χ2n) is 4.80. The maximum absolute atomic E-state index is 11.7. The molecule has 0 aromatic heterocycles. The van der Waals surface area contributed by atoms with E-state index in [4.69, 9.17) is 0 Å². The molecule has 0 spiro atoms. The number of para-hydroxylation sites is 1. The van der Waals surface area contributed by atoms with Gasteiger partial charge < -0.3 is 10.2 Å². The van der Waals surface area contributed by atoms with E-state index in [-0.39, 0.29) is 6.03 Å². The molecule has 0 saturated heterocycles. The minimum atomic E-state index is -0.383. The van der Waals surface area contributed by atoms with Crippen molar-refractivity contribution in [3.63, 3.8) is 0 Å². The van der Waals surface area contributed by atoms with Crippen LogP contribution in [0.25, 0.3) is 0 Å². The van der Waals surface area contributed by atoms with Crippen LogP contribution in [0.4, 0.5) is 16.2 Å². The molecule has 114 valence electrons. The maximum Gasteiger partial charge on any atom is 0.339 e. The zero-order valence-electron chi connectivity index (χ0n) is 12.4. The van der Waals surface area contributed by atoms with E-state index in [0.717, 1.165) is 15.7 Å². The summed E-state index contributed by atoms with van der Waals surface area (Å²) in [6, 6.07) is 14.7. The van der Waals surface area contributed by atoms with Crippen molar-refractivity contribution in [1.82, 2.24) is 5.43 Å². The van der Waals surface area contributed by atoms with Crippen LogP contribution in [0.2, 0.25) is 0 Å².